The van der Waals surface area contributed by atoms with Gasteiger partial charge in [0.1, 0.15) is 11.2 Å². The molecule has 1 nitrogen and oxygen atoms in total. The Hall–Kier alpha value is -7.48. The smallest absolute Gasteiger partial charge is 0.135 e. The van der Waals surface area contributed by atoms with Crippen molar-refractivity contribution in [3.05, 3.63) is 216 Å². The highest BCUT2D eigenvalue weighted by Gasteiger charge is 2.52. The van der Waals surface area contributed by atoms with E-state index in [2.05, 4.69) is 194 Å². The van der Waals surface area contributed by atoms with Gasteiger partial charge in [0, 0.05) is 10.8 Å². The highest BCUT2D eigenvalue weighted by molar-refractivity contribution is 6.24. The number of benzene rings is 11. The maximum Gasteiger partial charge on any atom is 0.135 e. The summed E-state index contributed by atoms with van der Waals surface area (Å²) in [4.78, 5) is 0. The van der Waals surface area contributed by atoms with E-state index in [9.17, 15) is 0 Å². The molecule has 2 aliphatic rings. The Balaban J connectivity index is 1.15. The van der Waals surface area contributed by atoms with Gasteiger partial charge in [-0.3, -0.25) is 0 Å². The SMILES string of the molecule is c1ccc2c(c1)-c1ccccc1C21c2cc3ccccc3cc2-c2c(-c3ccc4oc5ccccc5c4c3)cc(-c3cc4ccc5cccc6ccc(c3)c4c56)cc21. The normalized spacial score (nSPS) is 13.7. The Morgan fingerprint density at radius 1 is 0.293 bits per heavy atom. The first-order valence-electron chi connectivity index (χ1n) is 20.2. The third-order valence-electron chi connectivity index (χ3n) is 13.5. The topological polar surface area (TPSA) is 13.1 Å². The van der Waals surface area contributed by atoms with Crippen LogP contribution in [0.25, 0.3) is 110 Å². The molecule has 0 N–H and O–H groups in total. The second kappa shape index (κ2) is 10.9. The van der Waals surface area contributed by atoms with E-state index in [0.29, 0.717) is 0 Å². The van der Waals surface area contributed by atoms with E-state index in [4.69, 9.17) is 4.42 Å². The molecule has 11 aromatic carbocycles. The molecule has 0 bridgehead atoms. The summed E-state index contributed by atoms with van der Waals surface area (Å²) in [6.07, 6.45) is 0. The molecule has 58 heavy (non-hydrogen) atoms. The Morgan fingerprint density at radius 2 is 0.879 bits per heavy atom. The van der Waals surface area contributed by atoms with Crippen LogP contribution in [0.15, 0.2) is 199 Å². The van der Waals surface area contributed by atoms with Crippen molar-refractivity contribution >= 4 is 65.0 Å². The summed E-state index contributed by atoms with van der Waals surface area (Å²) < 4.78 is 6.38. The van der Waals surface area contributed by atoms with E-state index in [0.717, 1.165) is 21.9 Å². The molecule has 0 saturated heterocycles. The van der Waals surface area contributed by atoms with Crippen LogP contribution in [-0.4, -0.2) is 0 Å². The zero-order valence-electron chi connectivity index (χ0n) is 31.4. The summed E-state index contributed by atoms with van der Waals surface area (Å²) in [5.41, 5.74) is 16.8. The van der Waals surface area contributed by atoms with Gasteiger partial charge in [0.2, 0.25) is 0 Å². The quantitative estimate of drug-likeness (QED) is 0.161. The van der Waals surface area contributed by atoms with Gasteiger partial charge in [-0.25, -0.2) is 0 Å². The molecule has 14 rings (SSSR count). The standard InChI is InChI=1S/C57H32O/c1-2-11-36-31-50-47(28-35(36)10-1)56-45(37-24-25-53-46(29-37)44-16-5-8-19-52(44)58-53)30-41(32-51(56)57(50)48-17-6-3-14-42(48)43-15-4-7-18-49(43)57)40-26-38-22-20-33-12-9-13-34-21-23-39(27-40)55(38)54(33)34/h1-32H. The van der Waals surface area contributed by atoms with E-state index < -0.39 is 5.41 Å². The van der Waals surface area contributed by atoms with E-state index in [1.807, 2.05) is 0 Å². The molecule has 1 spiro atoms. The van der Waals surface area contributed by atoms with Gasteiger partial charge in [0.05, 0.1) is 5.41 Å². The number of para-hydroxylation sites is 1. The van der Waals surface area contributed by atoms with Crippen molar-refractivity contribution in [3.63, 3.8) is 0 Å². The minimum atomic E-state index is -0.505. The highest BCUT2D eigenvalue weighted by Crippen LogP contribution is 2.65. The molecule has 0 aliphatic heterocycles. The van der Waals surface area contributed by atoms with Crippen LogP contribution in [0.4, 0.5) is 0 Å². The van der Waals surface area contributed by atoms with Gasteiger partial charge >= 0.3 is 0 Å². The summed E-state index contributed by atoms with van der Waals surface area (Å²) >= 11 is 0. The molecule has 0 atom stereocenters. The number of fused-ring (bicyclic) bond motifs is 14. The lowest BCUT2D eigenvalue weighted by Crippen LogP contribution is -2.26. The summed E-state index contributed by atoms with van der Waals surface area (Å²) in [5, 5.41) is 12.6. The first kappa shape index (κ1) is 30.7. The lowest BCUT2D eigenvalue weighted by molar-refractivity contribution is 0.669. The summed E-state index contributed by atoms with van der Waals surface area (Å²) in [5.74, 6) is 0. The van der Waals surface area contributed by atoms with Crippen molar-refractivity contribution in [3.8, 4) is 44.5 Å². The molecule has 1 heterocycles. The molecule has 2 aliphatic carbocycles. The van der Waals surface area contributed by atoms with E-state index in [1.165, 1.54) is 110 Å². The number of hydrogen-bond acceptors (Lipinski definition) is 1. The molecule has 0 amide bonds. The maximum atomic E-state index is 6.38. The Morgan fingerprint density at radius 3 is 1.64 bits per heavy atom. The molecule has 12 aromatic rings. The first-order valence-corrected chi connectivity index (χ1v) is 20.2. The number of rotatable bonds is 2. The Labute approximate surface area is 334 Å². The molecule has 0 unspecified atom stereocenters. The van der Waals surface area contributed by atoms with Crippen LogP contribution >= 0.6 is 0 Å². The molecular weight excluding hydrogens is 701 g/mol. The lowest BCUT2D eigenvalue weighted by Gasteiger charge is -2.31. The molecule has 1 aromatic heterocycles. The predicted molar refractivity (Wildman–Crippen MR) is 242 cm³/mol. The Bertz CT molecular complexity index is 3640. The third-order valence-corrected chi connectivity index (χ3v) is 13.5. The second-order valence-corrected chi connectivity index (χ2v) is 16.3. The average molecular weight is 733 g/mol. The summed E-state index contributed by atoms with van der Waals surface area (Å²) in [6, 6.07) is 73.0. The molecule has 0 saturated carbocycles. The van der Waals surface area contributed by atoms with Crippen molar-refractivity contribution in [1.29, 1.82) is 0 Å². The van der Waals surface area contributed by atoms with Crippen molar-refractivity contribution in [2.24, 2.45) is 0 Å². The number of hydrogen-bond donors (Lipinski definition) is 0. The minimum absolute atomic E-state index is 0.505. The molecule has 1 heteroatoms. The lowest BCUT2D eigenvalue weighted by atomic mass is 9.69. The molecule has 0 fully saturated rings. The van der Waals surface area contributed by atoms with Gasteiger partial charge in [-0.05, 0) is 164 Å². The summed E-state index contributed by atoms with van der Waals surface area (Å²) in [6.45, 7) is 0. The third kappa shape index (κ3) is 3.81. The second-order valence-electron chi connectivity index (χ2n) is 16.3. The van der Waals surface area contributed by atoms with Gasteiger partial charge in [-0.2, -0.15) is 0 Å². The Kier molecular flexibility index (Phi) is 5.76. The van der Waals surface area contributed by atoms with Crippen LogP contribution in [0.5, 0.6) is 0 Å². The van der Waals surface area contributed by atoms with Crippen molar-refractivity contribution in [2.45, 2.75) is 5.41 Å². The summed E-state index contributed by atoms with van der Waals surface area (Å²) in [7, 11) is 0. The first-order chi connectivity index (χ1) is 28.7. The zero-order chi connectivity index (χ0) is 37.7. The monoisotopic (exact) mass is 732 g/mol. The zero-order valence-corrected chi connectivity index (χ0v) is 31.4. The van der Waals surface area contributed by atoms with Crippen LogP contribution < -0.4 is 0 Å². The minimum Gasteiger partial charge on any atom is -0.456 e. The van der Waals surface area contributed by atoms with Gasteiger partial charge in [-0.15, -0.1) is 0 Å². The van der Waals surface area contributed by atoms with Crippen LogP contribution in [0.2, 0.25) is 0 Å². The predicted octanol–water partition coefficient (Wildman–Crippen LogP) is 15.3. The van der Waals surface area contributed by atoms with Gasteiger partial charge in [0.25, 0.3) is 0 Å². The van der Waals surface area contributed by atoms with Crippen LogP contribution in [0, 0.1) is 0 Å². The van der Waals surface area contributed by atoms with Gasteiger partial charge in [-0.1, -0.05) is 140 Å². The molecule has 0 radical (unpaired) electrons. The van der Waals surface area contributed by atoms with Crippen molar-refractivity contribution < 1.29 is 4.42 Å². The average Bonchev–Trinajstić information content (AvgIpc) is 3.90. The van der Waals surface area contributed by atoms with Crippen molar-refractivity contribution in [1.82, 2.24) is 0 Å². The van der Waals surface area contributed by atoms with Crippen LogP contribution in [-0.2, 0) is 5.41 Å². The maximum absolute atomic E-state index is 6.38. The fourth-order valence-electron chi connectivity index (χ4n) is 11.2. The van der Waals surface area contributed by atoms with Gasteiger partial charge < -0.3 is 4.42 Å². The highest BCUT2D eigenvalue weighted by atomic mass is 16.3. The van der Waals surface area contributed by atoms with Crippen LogP contribution in [0.1, 0.15) is 22.3 Å². The number of furan rings is 1. The van der Waals surface area contributed by atoms with Crippen molar-refractivity contribution in [2.75, 3.05) is 0 Å². The van der Waals surface area contributed by atoms with Gasteiger partial charge in [0.15, 0.2) is 0 Å². The largest absolute Gasteiger partial charge is 0.456 e. The fraction of sp³-hybridized carbons (Fsp3) is 0.0175. The van der Waals surface area contributed by atoms with E-state index >= 15 is 0 Å². The molecular formula is C57H32O. The fourth-order valence-corrected chi connectivity index (χ4v) is 11.2. The van der Waals surface area contributed by atoms with E-state index in [1.54, 1.807) is 0 Å². The van der Waals surface area contributed by atoms with E-state index in [-0.39, 0.29) is 0 Å². The van der Waals surface area contributed by atoms with Crippen LogP contribution in [0.3, 0.4) is 0 Å². The molecule has 266 valence electrons.